The molecule has 0 aromatic carbocycles. The van der Waals surface area contributed by atoms with Gasteiger partial charge in [-0.1, -0.05) is 26.5 Å². The van der Waals surface area contributed by atoms with E-state index in [2.05, 4.69) is 13.2 Å². The molecule has 0 atom stereocenters. The molecule has 0 aromatic heterocycles. The van der Waals surface area contributed by atoms with Gasteiger partial charge in [0.25, 0.3) is 0 Å². The fourth-order valence-corrected chi connectivity index (χ4v) is 0.649. The van der Waals surface area contributed by atoms with Crippen LogP contribution in [0.25, 0.3) is 0 Å². The van der Waals surface area contributed by atoms with Crippen LogP contribution in [0.2, 0.25) is 0 Å². The molecule has 6 nitrogen and oxygen atoms in total. The molecule has 0 aromatic rings. The highest BCUT2D eigenvalue weighted by Gasteiger charge is 2.01. The van der Waals surface area contributed by atoms with Gasteiger partial charge in [-0.25, -0.2) is 9.59 Å². The van der Waals surface area contributed by atoms with Crippen molar-refractivity contribution in [2.45, 2.75) is 33.6 Å². The molecule has 20 heavy (non-hydrogen) atoms. The molecule has 6 heteroatoms. The Kier molecular flexibility index (Phi) is 18.0. The van der Waals surface area contributed by atoms with Crippen LogP contribution in [-0.2, 0) is 9.59 Å². The average molecular weight is 290 g/mol. The van der Waals surface area contributed by atoms with Gasteiger partial charge in [0.15, 0.2) is 0 Å². The van der Waals surface area contributed by atoms with Crippen LogP contribution in [0.15, 0.2) is 24.3 Å². The monoisotopic (exact) mass is 290 g/mol. The first-order valence-electron chi connectivity index (χ1n) is 6.13. The fraction of sp³-hybridized carbons (Fsp3) is 0.571. The Morgan fingerprint density at radius 3 is 1.25 bits per heavy atom. The maximum absolute atomic E-state index is 9.60. The van der Waals surface area contributed by atoms with Gasteiger partial charge in [-0.15, -0.1) is 0 Å². The van der Waals surface area contributed by atoms with E-state index in [1.54, 1.807) is 0 Å². The summed E-state index contributed by atoms with van der Waals surface area (Å²) in [5, 5.41) is 32.8. The topological polar surface area (TPSA) is 115 Å². The lowest BCUT2D eigenvalue weighted by molar-refractivity contribution is -0.133. The van der Waals surface area contributed by atoms with E-state index in [1.165, 1.54) is 13.8 Å². The molecule has 0 radical (unpaired) electrons. The van der Waals surface area contributed by atoms with E-state index in [4.69, 9.17) is 20.4 Å². The molecule has 0 amide bonds. The lowest BCUT2D eigenvalue weighted by atomic mass is 10.1. The fourth-order valence-electron chi connectivity index (χ4n) is 0.649. The van der Waals surface area contributed by atoms with Crippen LogP contribution in [0.4, 0.5) is 0 Å². The summed E-state index contributed by atoms with van der Waals surface area (Å²) in [4.78, 5) is 19.2. The first-order valence-corrected chi connectivity index (χ1v) is 6.13. The van der Waals surface area contributed by atoms with Crippen molar-refractivity contribution < 1.29 is 30.0 Å². The van der Waals surface area contributed by atoms with Gasteiger partial charge in [-0.05, 0) is 20.3 Å². The zero-order valence-electron chi connectivity index (χ0n) is 12.4. The van der Waals surface area contributed by atoms with E-state index < -0.39 is 11.9 Å². The molecule has 0 fully saturated rings. The van der Waals surface area contributed by atoms with Crippen LogP contribution >= 0.6 is 0 Å². The van der Waals surface area contributed by atoms with Crippen LogP contribution in [0, 0.1) is 5.92 Å². The lowest BCUT2D eigenvalue weighted by Gasteiger charge is -2.06. The highest BCUT2D eigenvalue weighted by molar-refractivity contribution is 5.85. The summed E-state index contributed by atoms with van der Waals surface area (Å²) in [5.41, 5.74) is 0.352. The molecule has 118 valence electrons. The van der Waals surface area contributed by atoms with Crippen LogP contribution in [-0.4, -0.2) is 45.6 Å². The molecule has 0 saturated heterocycles. The van der Waals surface area contributed by atoms with E-state index in [0.717, 1.165) is 12.8 Å². The standard InChI is InChI=1S/C6H14O2.2C4H6O2/c1-2-3-6(4-7)5-8;2*1-3(2)4(5)6/h6-8H,2-5H2,1H3;2*1H2,2H3,(H,5,6). The summed E-state index contributed by atoms with van der Waals surface area (Å²) >= 11 is 0. The molecule has 0 unspecified atom stereocenters. The Hall–Kier alpha value is -1.66. The van der Waals surface area contributed by atoms with E-state index >= 15 is 0 Å². The van der Waals surface area contributed by atoms with Gasteiger partial charge < -0.3 is 20.4 Å². The van der Waals surface area contributed by atoms with Gasteiger partial charge in [-0.3, -0.25) is 0 Å². The highest BCUT2D eigenvalue weighted by Crippen LogP contribution is 2.02. The van der Waals surface area contributed by atoms with E-state index in [1.807, 2.05) is 6.92 Å². The first-order chi connectivity index (χ1) is 9.13. The van der Waals surface area contributed by atoms with Crippen molar-refractivity contribution in [2.75, 3.05) is 13.2 Å². The normalized spacial score (nSPS) is 8.70. The zero-order valence-corrected chi connectivity index (χ0v) is 12.4. The summed E-state index contributed by atoms with van der Waals surface area (Å²) in [6.45, 7) is 11.5. The van der Waals surface area contributed by atoms with Gasteiger partial charge >= 0.3 is 11.9 Å². The Balaban J connectivity index is -0.000000221. The van der Waals surface area contributed by atoms with Gasteiger partial charge in [0.05, 0.1) is 0 Å². The summed E-state index contributed by atoms with van der Waals surface area (Å²) in [6.07, 6.45) is 1.96. The van der Waals surface area contributed by atoms with Gasteiger partial charge in [0.1, 0.15) is 0 Å². The minimum atomic E-state index is -0.935. The van der Waals surface area contributed by atoms with Crippen molar-refractivity contribution in [2.24, 2.45) is 5.92 Å². The highest BCUT2D eigenvalue weighted by atomic mass is 16.4. The second-order valence-electron chi connectivity index (χ2n) is 4.19. The van der Waals surface area contributed by atoms with Crippen LogP contribution in [0.1, 0.15) is 33.6 Å². The number of rotatable bonds is 6. The third-order valence-electron chi connectivity index (χ3n) is 1.94. The second kappa shape index (κ2) is 15.4. The number of hydrogen-bond donors (Lipinski definition) is 4. The van der Waals surface area contributed by atoms with E-state index in [-0.39, 0.29) is 30.3 Å². The zero-order chi connectivity index (χ0) is 16.7. The molecule has 0 aliphatic rings. The maximum Gasteiger partial charge on any atom is 0.330 e. The molecule has 0 rings (SSSR count). The molecule has 0 bridgehead atoms. The number of hydrogen-bond acceptors (Lipinski definition) is 4. The number of carbonyl (C=O) groups is 2. The van der Waals surface area contributed by atoms with Gasteiger partial charge in [0, 0.05) is 30.3 Å². The molecule has 0 heterocycles. The summed E-state index contributed by atoms with van der Waals surface area (Å²) in [6, 6.07) is 0. The molecule has 0 aliphatic heterocycles. The molecule has 0 saturated carbocycles. The van der Waals surface area contributed by atoms with Crippen LogP contribution < -0.4 is 0 Å². The molecular formula is C14H26O6. The van der Waals surface area contributed by atoms with Crippen molar-refractivity contribution in [3.05, 3.63) is 24.3 Å². The third kappa shape index (κ3) is 21.6. The smallest absolute Gasteiger partial charge is 0.330 e. The second-order valence-corrected chi connectivity index (χ2v) is 4.19. The third-order valence-corrected chi connectivity index (χ3v) is 1.94. The van der Waals surface area contributed by atoms with Crippen molar-refractivity contribution in [1.29, 1.82) is 0 Å². The molecule has 0 aliphatic carbocycles. The SMILES string of the molecule is C=C(C)C(=O)O.C=C(C)C(=O)O.CCCC(CO)CO. The Morgan fingerprint density at radius 1 is 0.950 bits per heavy atom. The van der Waals surface area contributed by atoms with Crippen LogP contribution in [0.3, 0.4) is 0 Å². The molecular weight excluding hydrogens is 264 g/mol. The Labute approximate surface area is 120 Å². The van der Waals surface area contributed by atoms with Crippen LogP contribution in [0.5, 0.6) is 0 Å². The van der Waals surface area contributed by atoms with Crippen molar-refractivity contribution >= 4 is 11.9 Å². The summed E-state index contributed by atoms with van der Waals surface area (Å²) < 4.78 is 0. The number of aliphatic carboxylic acids is 2. The van der Waals surface area contributed by atoms with Gasteiger partial charge in [0.2, 0.25) is 0 Å². The van der Waals surface area contributed by atoms with Crippen molar-refractivity contribution in [3.63, 3.8) is 0 Å². The van der Waals surface area contributed by atoms with Gasteiger partial charge in [-0.2, -0.15) is 0 Å². The molecule has 0 spiro atoms. The minimum Gasteiger partial charge on any atom is -0.478 e. The predicted molar refractivity (Wildman–Crippen MR) is 77.5 cm³/mol. The largest absolute Gasteiger partial charge is 0.478 e. The van der Waals surface area contributed by atoms with Crippen molar-refractivity contribution in [3.8, 4) is 0 Å². The summed E-state index contributed by atoms with van der Waals surface area (Å²) in [7, 11) is 0. The first kappa shape index (κ1) is 23.4. The Bertz CT molecular complexity index is 257. The number of aliphatic hydroxyl groups is 2. The van der Waals surface area contributed by atoms with E-state index in [0.29, 0.717) is 0 Å². The molecule has 4 N–H and O–H groups in total. The number of carboxylic acids is 2. The predicted octanol–water partition coefficient (Wildman–Crippen LogP) is 1.68. The maximum atomic E-state index is 9.60. The lowest BCUT2D eigenvalue weighted by Crippen LogP contribution is -2.09. The number of aliphatic hydroxyl groups excluding tert-OH is 2. The minimum absolute atomic E-state index is 0.111. The average Bonchev–Trinajstić information content (AvgIpc) is 2.37. The van der Waals surface area contributed by atoms with E-state index in [9.17, 15) is 9.59 Å². The Morgan fingerprint density at radius 2 is 1.20 bits per heavy atom. The quantitative estimate of drug-likeness (QED) is 0.553. The summed E-state index contributed by atoms with van der Waals surface area (Å²) in [5.74, 6) is -1.76. The number of carboxylic acid groups (broad SMARTS) is 2. The van der Waals surface area contributed by atoms with Crippen molar-refractivity contribution in [1.82, 2.24) is 0 Å².